The number of likely N-dealkylation sites (N-methyl/N-ethyl adjacent to an activating group) is 1. The van der Waals surface area contributed by atoms with Crippen molar-refractivity contribution in [1.29, 1.82) is 0 Å². The van der Waals surface area contributed by atoms with Gasteiger partial charge >= 0.3 is 0 Å². The van der Waals surface area contributed by atoms with Gasteiger partial charge < -0.3 is 19.3 Å². The van der Waals surface area contributed by atoms with Gasteiger partial charge in [-0.05, 0) is 37.0 Å². The zero-order chi connectivity index (χ0) is 20.9. The molecule has 1 aliphatic heterocycles. The fraction of sp³-hybridized carbons (Fsp3) is 0.636. The van der Waals surface area contributed by atoms with Gasteiger partial charge in [-0.25, -0.2) is 0 Å². The van der Waals surface area contributed by atoms with Gasteiger partial charge in [-0.3, -0.25) is 9.59 Å². The fourth-order valence-electron chi connectivity index (χ4n) is 3.59. The molecule has 2 amide bonds. The lowest BCUT2D eigenvalue weighted by Crippen LogP contribution is -2.49. The summed E-state index contributed by atoms with van der Waals surface area (Å²) in [7, 11) is 5.07. The Bertz CT molecular complexity index is 696. The first-order valence-corrected chi connectivity index (χ1v) is 9.92. The maximum absolute atomic E-state index is 12.9. The number of benzene rings is 1. The van der Waals surface area contributed by atoms with E-state index in [2.05, 4.69) is 0 Å². The van der Waals surface area contributed by atoms with Crippen LogP contribution >= 0.6 is 0 Å². The predicted octanol–water partition coefficient (Wildman–Crippen LogP) is 2.99. The molecule has 1 aliphatic rings. The number of ether oxygens (including phenoxy) is 2. The Balaban J connectivity index is 1.94. The summed E-state index contributed by atoms with van der Waals surface area (Å²) in [6.07, 6.45) is 2.45. The fourth-order valence-corrected chi connectivity index (χ4v) is 3.59. The van der Waals surface area contributed by atoms with Crippen LogP contribution in [0.4, 0.5) is 0 Å². The van der Waals surface area contributed by atoms with Crippen LogP contribution < -0.4 is 9.47 Å². The van der Waals surface area contributed by atoms with E-state index in [9.17, 15) is 9.59 Å². The van der Waals surface area contributed by atoms with Gasteiger partial charge in [0.15, 0.2) is 11.5 Å². The van der Waals surface area contributed by atoms with Crippen LogP contribution in [0.25, 0.3) is 0 Å². The van der Waals surface area contributed by atoms with Crippen molar-refractivity contribution in [2.75, 3.05) is 40.9 Å². The number of carbonyl (C=O) groups is 2. The second-order valence-corrected chi connectivity index (χ2v) is 8.54. The summed E-state index contributed by atoms with van der Waals surface area (Å²) in [5, 5.41) is 0. The van der Waals surface area contributed by atoms with Gasteiger partial charge in [0.25, 0.3) is 0 Å². The second kappa shape index (κ2) is 9.30. The Morgan fingerprint density at radius 3 is 2.46 bits per heavy atom. The third-order valence-electron chi connectivity index (χ3n) is 5.26. The number of methoxy groups -OCH3 is 2. The minimum atomic E-state index is -0.412. The van der Waals surface area contributed by atoms with E-state index in [4.69, 9.17) is 9.47 Å². The number of nitrogens with zero attached hydrogens (tertiary/aromatic N) is 2. The number of amides is 2. The Morgan fingerprint density at radius 2 is 1.86 bits per heavy atom. The molecule has 0 aliphatic carbocycles. The van der Waals surface area contributed by atoms with E-state index in [0.29, 0.717) is 24.6 Å². The Labute approximate surface area is 168 Å². The largest absolute Gasteiger partial charge is 0.493 e. The molecule has 1 atom stereocenters. The molecule has 6 nitrogen and oxygen atoms in total. The van der Waals surface area contributed by atoms with Crippen molar-refractivity contribution in [3.63, 3.8) is 0 Å². The Morgan fingerprint density at radius 1 is 1.18 bits per heavy atom. The highest BCUT2D eigenvalue weighted by Crippen LogP contribution is 2.28. The van der Waals surface area contributed by atoms with Crippen LogP contribution in [0.5, 0.6) is 11.5 Å². The molecule has 6 heteroatoms. The van der Waals surface area contributed by atoms with E-state index in [0.717, 1.165) is 31.4 Å². The minimum Gasteiger partial charge on any atom is -0.493 e. The lowest BCUT2D eigenvalue weighted by Gasteiger charge is -2.37. The second-order valence-electron chi connectivity index (χ2n) is 8.54. The molecule has 1 fully saturated rings. The van der Waals surface area contributed by atoms with Gasteiger partial charge in [-0.15, -0.1) is 0 Å². The zero-order valence-electron chi connectivity index (χ0n) is 18.1. The smallest absolute Gasteiger partial charge is 0.227 e. The van der Waals surface area contributed by atoms with E-state index in [1.807, 2.05) is 50.9 Å². The molecule has 28 heavy (non-hydrogen) atoms. The Hall–Kier alpha value is -2.24. The molecule has 0 radical (unpaired) electrons. The van der Waals surface area contributed by atoms with E-state index in [1.165, 1.54) is 0 Å². The van der Waals surface area contributed by atoms with Crippen molar-refractivity contribution in [3.8, 4) is 11.5 Å². The summed E-state index contributed by atoms with van der Waals surface area (Å²) in [6.45, 7) is 7.67. The van der Waals surface area contributed by atoms with Crippen molar-refractivity contribution >= 4 is 11.8 Å². The summed E-state index contributed by atoms with van der Waals surface area (Å²) >= 11 is 0. The van der Waals surface area contributed by atoms with Crippen molar-refractivity contribution in [1.82, 2.24) is 9.80 Å². The first kappa shape index (κ1) is 22.1. The number of carbonyl (C=O) groups excluding carboxylic acids is 2. The summed E-state index contributed by atoms with van der Waals surface area (Å²) in [4.78, 5) is 29.1. The van der Waals surface area contributed by atoms with Crippen molar-refractivity contribution < 1.29 is 19.1 Å². The van der Waals surface area contributed by atoms with Crippen LogP contribution in [0.1, 0.15) is 39.2 Å². The molecule has 1 unspecified atom stereocenters. The van der Waals surface area contributed by atoms with Crippen LogP contribution in [-0.4, -0.2) is 62.5 Å². The molecule has 1 saturated heterocycles. The lowest BCUT2D eigenvalue weighted by atomic mass is 9.90. The first-order chi connectivity index (χ1) is 13.2. The van der Waals surface area contributed by atoms with Crippen LogP contribution in [-0.2, 0) is 16.0 Å². The molecule has 1 aromatic carbocycles. The van der Waals surface area contributed by atoms with Crippen LogP contribution in [0, 0.1) is 11.3 Å². The maximum Gasteiger partial charge on any atom is 0.227 e. The van der Waals surface area contributed by atoms with E-state index < -0.39 is 5.41 Å². The first-order valence-electron chi connectivity index (χ1n) is 9.92. The third kappa shape index (κ3) is 5.40. The van der Waals surface area contributed by atoms with E-state index in [-0.39, 0.29) is 17.7 Å². The average molecular weight is 391 g/mol. The standard InChI is InChI=1S/C22H34N2O4/c1-22(2,3)21(26)24-12-7-8-17(15-24)20(25)23(4)13-11-16-9-10-18(27-5)19(14-16)28-6/h9-10,14,17H,7-8,11-13,15H2,1-6H3. The highest BCUT2D eigenvalue weighted by molar-refractivity contribution is 5.83. The molecule has 0 aromatic heterocycles. The third-order valence-corrected chi connectivity index (χ3v) is 5.26. The number of hydrogen-bond acceptors (Lipinski definition) is 4. The summed E-state index contributed by atoms with van der Waals surface area (Å²) in [5.41, 5.74) is 0.676. The summed E-state index contributed by atoms with van der Waals surface area (Å²) in [6, 6.07) is 5.82. The molecule has 1 heterocycles. The monoisotopic (exact) mass is 390 g/mol. The average Bonchev–Trinajstić information content (AvgIpc) is 2.69. The molecule has 0 N–H and O–H groups in total. The minimum absolute atomic E-state index is 0.115. The summed E-state index contributed by atoms with van der Waals surface area (Å²) in [5.74, 6) is 1.51. The molecule has 0 spiro atoms. The number of hydrogen-bond donors (Lipinski definition) is 0. The van der Waals surface area contributed by atoms with Crippen molar-refractivity contribution in [2.24, 2.45) is 11.3 Å². The molecule has 1 aromatic rings. The molecule has 2 rings (SSSR count). The molecule has 0 saturated carbocycles. The molecule has 0 bridgehead atoms. The zero-order valence-corrected chi connectivity index (χ0v) is 18.1. The highest BCUT2D eigenvalue weighted by Gasteiger charge is 2.34. The Kier molecular flexibility index (Phi) is 7.33. The van der Waals surface area contributed by atoms with Gasteiger partial charge in [-0.2, -0.15) is 0 Å². The quantitative estimate of drug-likeness (QED) is 0.749. The van der Waals surface area contributed by atoms with Crippen LogP contribution in [0.15, 0.2) is 18.2 Å². The van der Waals surface area contributed by atoms with Gasteiger partial charge in [0, 0.05) is 32.1 Å². The van der Waals surface area contributed by atoms with Gasteiger partial charge in [0.05, 0.1) is 20.1 Å². The number of likely N-dealkylation sites (tertiary alicyclic amines) is 1. The van der Waals surface area contributed by atoms with Crippen LogP contribution in [0.2, 0.25) is 0 Å². The van der Waals surface area contributed by atoms with Crippen molar-refractivity contribution in [3.05, 3.63) is 23.8 Å². The van der Waals surface area contributed by atoms with Gasteiger partial charge in [0.1, 0.15) is 0 Å². The predicted molar refractivity (Wildman–Crippen MR) is 110 cm³/mol. The number of rotatable bonds is 6. The highest BCUT2D eigenvalue weighted by atomic mass is 16.5. The maximum atomic E-state index is 12.9. The van der Waals surface area contributed by atoms with Gasteiger partial charge in [-0.1, -0.05) is 26.8 Å². The normalized spacial score (nSPS) is 17.2. The van der Waals surface area contributed by atoms with Gasteiger partial charge in [0.2, 0.25) is 11.8 Å². The lowest BCUT2D eigenvalue weighted by molar-refractivity contribution is -0.144. The molecular formula is C22H34N2O4. The number of piperidine rings is 1. The summed E-state index contributed by atoms with van der Waals surface area (Å²) < 4.78 is 10.6. The van der Waals surface area contributed by atoms with Crippen molar-refractivity contribution in [2.45, 2.75) is 40.0 Å². The van der Waals surface area contributed by atoms with E-state index >= 15 is 0 Å². The topological polar surface area (TPSA) is 59.1 Å². The molecular weight excluding hydrogens is 356 g/mol. The SMILES string of the molecule is COc1ccc(CCN(C)C(=O)C2CCCN(C(=O)C(C)(C)C)C2)cc1OC. The van der Waals surface area contributed by atoms with Crippen LogP contribution in [0.3, 0.4) is 0 Å². The molecule has 156 valence electrons. The van der Waals surface area contributed by atoms with E-state index in [1.54, 1.807) is 19.1 Å².